The van der Waals surface area contributed by atoms with Crippen LogP contribution in [0.25, 0.3) is 0 Å². The number of methoxy groups -OCH3 is 1. The summed E-state index contributed by atoms with van der Waals surface area (Å²) in [7, 11) is -1.35. The van der Waals surface area contributed by atoms with Gasteiger partial charge in [-0.3, -0.25) is 0 Å². The first-order valence-electron chi connectivity index (χ1n) is 4.68. The minimum atomic E-state index is -2.94. The molecule has 3 nitrogen and oxygen atoms in total. The summed E-state index contributed by atoms with van der Waals surface area (Å²) in [6.07, 6.45) is 4.39. The van der Waals surface area contributed by atoms with Gasteiger partial charge in [0.05, 0.1) is 11.4 Å². The van der Waals surface area contributed by atoms with Crippen molar-refractivity contribution < 1.29 is 13.2 Å². The Bertz CT molecular complexity index is 246. The van der Waals surface area contributed by atoms with Gasteiger partial charge >= 0.3 is 0 Å². The molecule has 0 aromatic carbocycles. The third-order valence-electron chi connectivity index (χ3n) is 2.64. The molecular formula is C9H17O3S. The van der Waals surface area contributed by atoms with Gasteiger partial charge in [-0.05, 0) is 25.7 Å². The van der Waals surface area contributed by atoms with Crippen molar-refractivity contribution in [2.75, 3.05) is 12.9 Å². The zero-order valence-electron chi connectivity index (χ0n) is 8.19. The van der Waals surface area contributed by atoms with Gasteiger partial charge in [-0.1, -0.05) is 6.92 Å². The SMILES string of the molecule is CCS(=O)(=O)C1C[CH]CCC1OC. The maximum atomic E-state index is 11.6. The molecule has 1 radical (unpaired) electrons. The molecule has 2 atom stereocenters. The summed E-state index contributed by atoms with van der Waals surface area (Å²) in [5.41, 5.74) is 0. The molecule has 0 amide bonds. The van der Waals surface area contributed by atoms with Crippen LogP contribution in [-0.4, -0.2) is 32.6 Å². The Morgan fingerprint density at radius 2 is 2.23 bits per heavy atom. The van der Waals surface area contributed by atoms with E-state index in [1.807, 2.05) is 6.42 Å². The first-order chi connectivity index (χ1) is 6.11. The molecule has 0 bridgehead atoms. The molecule has 2 unspecified atom stereocenters. The summed E-state index contributed by atoms with van der Waals surface area (Å²) < 4.78 is 28.4. The van der Waals surface area contributed by atoms with Crippen LogP contribution in [0.1, 0.15) is 26.2 Å². The van der Waals surface area contributed by atoms with E-state index in [4.69, 9.17) is 4.74 Å². The van der Waals surface area contributed by atoms with Gasteiger partial charge in [-0.25, -0.2) is 8.42 Å². The molecule has 1 aliphatic rings. The van der Waals surface area contributed by atoms with Crippen molar-refractivity contribution in [3.05, 3.63) is 6.42 Å². The standard InChI is InChI=1S/C9H17O3S/c1-3-13(10,11)9-7-5-4-6-8(9)12-2/h5,8-9H,3-4,6-7H2,1-2H3. The molecule has 0 spiro atoms. The molecule has 0 aliphatic heterocycles. The van der Waals surface area contributed by atoms with Crippen LogP contribution in [0.3, 0.4) is 0 Å². The molecule has 0 aromatic rings. The van der Waals surface area contributed by atoms with E-state index < -0.39 is 9.84 Å². The van der Waals surface area contributed by atoms with Crippen LogP contribution in [-0.2, 0) is 14.6 Å². The summed E-state index contributed by atoms with van der Waals surface area (Å²) in [5.74, 6) is 0.214. The molecule has 0 heterocycles. The molecule has 0 aromatic heterocycles. The third kappa shape index (κ3) is 2.44. The second-order valence-corrected chi connectivity index (χ2v) is 5.87. The van der Waals surface area contributed by atoms with Gasteiger partial charge in [0.15, 0.2) is 9.84 Å². The predicted octanol–water partition coefficient (Wildman–Crippen LogP) is 1.19. The van der Waals surface area contributed by atoms with Gasteiger partial charge in [0, 0.05) is 12.9 Å². The van der Waals surface area contributed by atoms with Crippen molar-refractivity contribution in [1.82, 2.24) is 0 Å². The Morgan fingerprint density at radius 3 is 2.77 bits per heavy atom. The van der Waals surface area contributed by atoms with Gasteiger partial charge in [-0.15, -0.1) is 0 Å². The number of sulfone groups is 1. The summed E-state index contributed by atoms with van der Waals surface area (Å²) in [6, 6.07) is 0. The minimum Gasteiger partial charge on any atom is -0.380 e. The van der Waals surface area contributed by atoms with Crippen molar-refractivity contribution in [1.29, 1.82) is 0 Å². The lowest BCUT2D eigenvalue weighted by molar-refractivity contribution is 0.0820. The zero-order valence-corrected chi connectivity index (χ0v) is 9.01. The number of hydrogen-bond acceptors (Lipinski definition) is 3. The topological polar surface area (TPSA) is 43.4 Å². The van der Waals surface area contributed by atoms with E-state index >= 15 is 0 Å². The van der Waals surface area contributed by atoms with Crippen molar-refractivity contribution >= 4 is 9.84 Å². The Balaban J connectivity index is 2.75. The fourth-order valence-electron chi connectivity index (χ4n) is 1.76. The van der Waals surface area contributed by atoms with Crippen LogP contribution < -0.4 is 0 Å². The van der Waals surface area contributed by atoms with Crippen LogP contribution in [0.4, 0.5) is 0 Å². The van der Waals surface area contributed by atoms with Crippen LogP contribution in [0, 0.1) is 6.42 Å². The minimum absolute atomic E-state index is 0.102. The lowest BCUT2D eigenvalue weighted by atomic mass is 9.97. The molecule has 1 rings (SSSR count). The quantitative estimate of drug-likeness (QED) is 0.695. The van der Waals surface area contributed by atoms with Gasteiger partial charge in [0.25, 0.3) is 0 Å². The summed E-state index contributed by atoms with van der Waals surface area (Å²) in [4.78, 5) is 0. The lowest BCUT2D eigenvalue weighted by Crippen LogP contribution is -2.39. The second kappa shape index (κ2) is 4.42. The first kappa shape index (κ1) is 11.0. The van der Waals surface area contributed by atoms with Crippen molar-refractivity contribution in [2.45, 2.75) is 37.5 Å². The summed E-state index contributed by atoms with van der Waals surface area (Å²) in [6.45, 7) is 1.69. The average molecular weight is 205 g/mol. The first-order valence-corrected chi connectivity index (χ1v) is 6.39. The fraction of sp³-hybridized carbons (Fsp3) is 0.889. The van der Waals surface area contributed by atoms with Crippen LogP contribution in [0.15, 0.2) is 0 Å². The van der Waals surface area contributed by atoms with E-state index in [2.05, 4.69) is 0 Å². The Kier molecular flexibility index (Phi) is 3.74. The number of ether oxygens (including phenoxy) is 1. The number of rotatable bonds is 3. The second-order valence-electron chi connectivity index (χ2n) is 3.37. The largest absolute Gasteiger partial charge is 0.380 e. The van der Waals surface area contributed by atoms with E-state index in [0.29, 0.717) is 6.42 Å². The lowest BCUT2D eigenvalue weighted by Gasteiger charge is -2.29. The highest BCUT2D eigenvalue weighted by Crippen LogP contribution is 2.25. The molecular weight excluding hydrogens is 188 g/mol. The summed E-state index contributed by atoms with van der Waals surface area (Å²) in [5, 5.41) is -0.309. The summed E-state index contributed by atoms with van der Waals surface area (Å²) >= 11 is 0. The van der Waals surface area contributed by atoms with E-state index in [1.165, 1.54) is 0 Å². The van der Waals surface area contributed by atoms with Crippen LogP contribution in [0.5, 0.6) is 0 Å². The molecule has 1 aliphatic carbocycles. The van der Waals surface area contributed by atoms with Crippen molar-refractivity contribution in [2.24, 2.45) is 0 Å². The maximum absolute atomic E-state index is 11.6. The molecule has 1 fully saturated rings. The Morgan fingerprint density at radius 1 is 1.54 bits per heavy atom. The fourth-order valence-corrected chi connectivity index (χ4v) is 3.33. The van der Waals surface area contributed by atoms with E-state index in [0.717, 1.165) is 12.8 Å². The van der Waals surface area contributed by atoms with Gasteiger partial charge < -0.3 is 4.74 Å². The number of hydrogen-bond donors (Lipinski definition) is 0. The van der Waals surface area contributed by atoms with E-state index in [-0.39, 0.29) is 17.1 Å². The third-order valence-corrected chi connectivity index (χ3v) is 4.86. The van der Waals surface area contributed by atoms with Crippen molar-refractivity contribution in [3.63, 3.8) is 0 Å². The monoisotopic (exact) mass is 205 g/mol. The predicted molar refractivity (Wildman–Crippen MR) is 52.2 cm³/mol. The normalized spacial score (nSPS) is 30.3. The average Bonchev–Trinajstić information content (AvgIpc) is 2.18. The van der Waals surface area contributed by atoms with Gasteiger partial charge in [0.1, 0.15) is 0 Å². The zero-order chi connectivity index (χ0) is 9.90. The smallest absolute Gasteiger partial charge is 0.155 e. The molecule has 13 heavy (non-hydrogen) atoms. The molecule has 1 saturated carbocycles. The molecule has 4 heteroatoms. The van der Waals surface area contributed by atoms with E-state index in [9.17, 15) is 8.42 Å². The highest BCUT2D eigenvalue weighted by Gasteiger charge is 2.34. The Labute approximate surface area is 80.4 Å². The van der Waals surface area contributed by atoms with Crippen LogP contribution >= 0.6 is 0 Å². The highest BCUT2D eigenvalue weighted by molar-refractivity contribution is 7.92. The van der Waals surface area contributed by atoms with Crippen LogP contribution in [0.2, 0.25) is 0 Å². The Hall–Kier alpha value is -0.0900. The maximum Gasteiger partial charge on any atom is 0.155 e. The van der Waals surface area contributed by atoms with E-state index in [1.54, 1.807) is 14.0 Å². The van der Waals surface area contributed by atoms with Gasteiger partial charge in [-0.2, -0.15) is 0 Å². The highest BCUT2D eigenvalue weighted by atomic mass is 32.2. The van der Waals surface area contributed by atoms with Crippen molar-refractivity contribution in [3.8, 4) is 0 Å². The molecule has 77 valence electrons. The molecule has 0 N–H and O–H groups in total. The van der Waals surface area contributed by atoms with Gasteiger partial charge in [0.2, 0.25) is 0 Å². The molecule has 0 saturated heterocycles.